The SMILES string of the molecule is Cc1cc(OCc2ccc(F)cc2C(=O)O)cc(=O)n1-c1c(F)ccc(Br)c1F. The number of benzene rings is 2. The average molecular weight is 468 g/mol. The van der Waals surface area contributed by atoms with Gasteiger partial charge in [0.05, 0.1) is 10.0 Å². The normalized spacial score (nSPS) is 10.8. The molecular weight excluding hydrogens is 455 g/mol. The predicted molar refractivity (Wildman–Crippen MR) is 102 cm³/mol. The van der Waals surface area contributed by atoms with Crippen molar-refractivity contribution < 1.29 is 27.8 Å². The van der Waals surface area contributed by atoms with Gasteiger partial charge in [-0.3, -0.25) is 9.36 Å². The topological polar surface area (TPSA) is 68.5 Å². The molecule has 0 unspecified atom stereocenters. The van der Waals surface area contributed by atoms with Crippen LogP contribution in [0.25, 0.3) is 5.69 Å². The highest BCUT2D eigenvalue weighted by molar-refractivity contribution is 9.10. The Morgan fingerprint density at radius 1 is 1.14 bits per heavy atom. The van der Waals surface area contributed by atoms with Crippen molar-refractivity contribution in [3.8, 4) is 11.4 Å². The molecule has 1 heterocycles. The van der Waals surface area contributed by atoms with Gasteiger partial charge in [0.2, 0.25) is 0 Å². The van der Waals surface area contributed by atoms with Crippen LogP contribution in [0.15, 0.2) is 51.7 Å². The number of aromatic carboxylic acids is 1. The first kappa shape index (κ1) is 20.7. The van der Waals surface area contributed by atoms with Gasteiger partial charge in [-0.15, -0.1) is 0 Å². The molecule has 5 nitrogen and oxygen atoms in total. The van der Waals surface area contributed by atoms with Gasteiger partial charge in [-0.2, -0.15) is 0 Å². The number of carbonyl (C=O) groups is 1. The van der Waals surface area contributed by atoms with E-state index in [1.807, 2.05) is 0 Å². The van der Waals surface area contributed by atoms with Gasteiger partial charge >= 0.3 is 5.97 Å². The van der Waals surface area contributed by atoms with Crippen LogP contribution >= 0.6 is 15.9 Å². The van der Waals surface area contributed by atoms with Crippen molar-refractivity contribution in [3.05, 3.63) is 91.6 Å². The predicted octanol–water partition coefficient (Wildman–Crippen LogP) is 4.60. The van der Waals surface area contributed by atoms with Gasteiger partial charge in [-0.25, -0.2) is 18.0 Å². The van der Waals surface area contributed by atoms with Crippen molar-refractivity contribution in [3.63, 3.8) is 0 Å². The molecule has 29 heavy (non-hydrogen) atoms. The Labute approximate surface area is 171 Å². The molecule has 0 fully saturated rings. The molecule has 0 radical (unpaired) electrons. The van der Waals surface area contributed by atoms with Crippen LogP contribution in [0.5, 0.6) is 5.75 Å². The van der Waals surface area contributed by atoms with E-state index in [0.29, 0.717) is 0 Å². The number of hydrogen-bond donors (Lipinski definition) is 1. The molecule has 0 aliphatic carbocycles. The zero-order valence-corrected chi connectivity index (χ0v) is 16.5. The molecular formula is C20H13BrF3NO4. The second-order valence-electron chi connectivity index (χ2n) is 6.09. The molecule has 3 aromatic rings. The van der Waals surface area contributed by atoms with E-state index in [9.17, 15) is 22.8 Å². The highest BCUT2D eigenvalue weighted by atomic mass is 79.9. The van der Waals surface area contributed by atoms with Crippen LogP contribution in [0, 0.1) is 24.4 Å². The van der Waals surface area contributed by atoms with E-state index in [0.717, 1.165) is 28.8 Å². The lowest BCUT2D eigenvalue weighted by molar-refractivity contribution is 0.0693. The minimum Gasteiger partial charge on any atom is -0.489 e. The third kappa shape index (κ3) is 4.19. The highest BCUT2D eigenvalue weighted by Gasteiger charge is 2.18. The molecule has 0 bridgehead atoms. The smallest absolute Gasteiger partial charge is 0.336 e. The number of hydrogen-bond acceptors (Lipinski definition) is 3. The molecule has 0 amide bonds. The van der Waals surface area contributed by atoms with Crippen LogP contribution in [0.3, 0.4) is 0 Å². The molecule has 3 rings (SSSR count). The number of nitrogens with zero attached hydrogens (tertiary/aromatic N) is 1. The summed E-state index contributed by atoms with van der Waals surface area (Å²) < 4.78 is 48.1. The van der Waals surface area contributed by atoms with E-state index >= 15 is 0 Å². The first-order valence-electron chi connectivity index (χ1n) is 8.21. The van der Waals surface area contributed by atoms with Crippen molar-refractivity contribution in [2.24, 2.45) is 0 Å². The zero-order valence-electron chi connectivity index (χ0n) is 14.9. The third-order valence-electron chi connectivity index (χ3n) is 4.13. The maximum atomic E-state index is 14.4. The number of carboxylic acids is 1. The standard InChI is InChI=1S/C20H13BrF3NO4/c1-10-6-13(29-9-11-2-3-12(22)7-14(11)20(27)28)8-17(26)25(10)19-16(23)5-4-15(21)18(19)24/h2-8H,9H2,1H3,(H,27,28). The Morgan fingerprint density at radius 3 is 2.52 bits per heavy atom. The monoisotopic (exact) mass is 467 g/mol. The minimum absolute atomic E-state index is 0.00182. The zero-order chi connectivity index (χ0) is 21.3. The van der Waals surface area contributed by atoms with E-state index in [1.165, 1.54) is 25.1 Å². The number of rotatable bonds is 5. The summed E-state index contributed by atoms with van der Waals surface area (Å²) in [5.74, 6) is -3.80. The number of ether oxygens (including phenoxy) is 1. The fraction of sp³-hybridized carbons (Fsp3) is 0.100. The summed E-state index contributed by atoms with van der Waals surface area (Å²) >= 11 is 2.96. The van der Waals surface area contributed by atoms with E-state index in [1.54, 1.807) is 0 Å². The van der Waals surface area contributed by atoms with Gasteiger partial charge in [-0.1, -0.05) is 6.07 Å². The Bertz CT molecular complexity index is 1180. The summed E-state index contributed by atoms with van der Waals surface area (Å²) in [5, 5.41) is 9.16. The number of halogens is 4. The van der Waals surface area contributed by atoms with Gasteiger partial charge in [-0.05, 0) is 47.1 Å². The van der Waals surface area contributed by atoms with Crippen molar-refractivity contribution in [1.82, 2.24) is 4.57 Å². The Kier molecular flexibility index (Phi) is 5.78. The maximum absolute atomic E-state index is 14.4. The minimum atomic E-state index is -1.32. The molecule has 0 saturated carbocycles. The second-order valence-corrected chi connectivity index (χ2v) is 6.95. The Balaban J connectivity index is 1.95. The second kappa shape index (κ2) is 8.12. The van der Waals surface area contributed by atoms with Crippen LogP contribution in [0.1, 0.15) is 21.6 Å². The van der Waals surface area contributed by atoms with Crippen LogP contribution in [0.4, 0.5) is 13.2 Å². The highest BCUT2D eigenvalue weighted by Crippen LogP contribution is 2.26. The lowest BCUT2D eigenvalue weighted by Crippen LogP contribution is -2.22. The largest absolute Gasteiger partial charge is 0.489 e. The Morgan fingerprint density at radius 2 is 1.86 bits per heavy atom. The Hall–Kier alpha value is -3.07. The third-order valence-corrected chi connectivity index (χ3v) is 4.74. The van der Waals surface area contributed by atoms with Crippen molar-refractivity contribution in [2.45, 2.75) is 13.5 Å². The lowest BCUT2D eigenvalue weighted by atomic mass is 10.1. The molecule has 2 aromatic carbocycles. The summed E-state index contributed by atoms with van der Waals surface area (Å²) in [6.07, 6.45) is 0. The van der Waals surface area contributed by atoms with Crippen molar-refractivity contribution in [2.75, 3.05) is 0 Å². The van der Waals surface area contributed by atoms with Crippen molar-refractivity contribution >= 4 is 21.9 Å². The van der Waals surface area contributed by atoms with Gasteiger partial charge in [0, 0.05) is 23.4 Å². The molecule has 0 aliphatic heterocycles. The van der Waals surface area contributed by atoms with Crippen LogP contribution in [-0.4, -0.2) is 15.6 Å². The molecule has 0 saturated heterocycles. The molecule has 1 N–H and O–H groups in total. The molecule has 0 atom stereocenters. The molecule has 0 aliphatic rings. The van der Waals surface area contributed by atoms with E-state index in [-0.39, 0.29) is 33.6 Å². The fourth-order valence-electron chi connectivity index (χ4n) is 2.80. The number of pyridine rings is 1. The van der Waals surface area contributed by atoms with Crippen LogP contribution in [0.2, 0.25) is 0 Å². The maximum Gasteiger partial charge on any atom is 0.336 e. The number of carboxylic acid groups (broad SMARTS) is 1. The average Bonchev–Trinajstić information content (AvgIpc) is 2.65. The van der Waals surface area contributed by atoms with E-state index in [2.05, 4.69) is 15.9 Å². The van der Waals surface area contributed by atoms with Gasteiger partial charge < -0.3 is 9.84 Å². The van der Waals surface area contributed by atoms with Crippen molar-refractivity contribution in [1.29, 1.82) is 0 Å². The number of aromatic nitrogens is 1. The molecule has 150 valence electrons. The quantitative estimate of drug-likeness (QED) is 0.556. The van der Waals surface area contributed by atoms with Gasteiger partial charge in [0.15, 0.2) is 5.82 Å². The van der Waals surface area contributed by atoms with Gasteiger partial charge in [0.1, 0.15) is 29.7 Å². The summed E-state index contributed by atoms with van der Waals surface area (Å²) in [7, 11) is 0. The van der Waals surface area contributed by atoms with Gasteiger partial charge in [0.25, 0.3) is 5.56 Å². The first-order valence-corrected chi connectivity index (χ1v) is 9.00. The molecule has 9 heteroatoms. The summed E-state index contributed by atoms with van der Waals surface area (Å²) in [6.45, 7) is 1.22. The lowest BCUT2D eigenvalue weighted by Gasteiger charge is -2.15. The first-order chi connectivity index (χ1) is 13.7. The summed E-state index contributed by atoms with van der Waals surface area (Å²) in [4.78, 5) is 23.7. The van der Waals surface area contributed by atoms with E-state index in [4.69, 9.17) is 9.84 Å². The summed E-state index contributed by atoms with van der Waals surface area (Å²) in [6, 6.07) is 7.84. The summed E-state index contributed by atoms with van der Waals surface area (Å²) in [5.41, 5.74) is -1.15. The molecule has 0 spiro atoms. The fourth-order valence-corrected chi connectivity index (χ4v) is 3.12. The molecule has 1 aromatic heterocycles. The van der Waals surface area contributed by atoms with Crippen LogP contribution in [-0.2, 0) is 6.61 Å². The van der Waals surface area contributed by atoms with Crippen LogP contribution < -0.4 is 10.3 Å². The number of aryl methyl sites for hydroxylation is 1. The van der Waals surface area contributed by atoms with E-state index < -0.39 is 34.7 Å².